The number of fused-ring (bicyclic) bond motifs is 2. The number of thioether (sulfide) groups is 1. The summed E-state index contributed by atoms with van der Waals surface area (Å²) in [5, 5.41) is 13.6. The van der Waals surface area contributed by atoms with E-state index in [1.54, 1.807) is 0 Å². The van der Waals surface area contributed by atoms with Crippen molar-refractivity contribution in [2.24, 2.45) is 0 Å². The summed E-state index contributed by atoms with van der Waals surface area (Å²) in [5.41, 5.74) is 4.76. The van der Waals surface area contributed by atoms with Crippen LogP contribution in [0.2, 0.25) is 0 Å². The summed E-state index contributed by atoms with van der Waals surface area (Å²) < 4.78 is 8.00. The second-order valence-corrected chi connectivity index (χ2v) is 9.07. The van der Waals surface area contributed by atoms with Gasteiger partial charge in [0.2, 0.25) is 5.91 Å². The number of ether oxygens (including phenoxy) is 1. The van der Waals surface area contributed by atoms with Crippen LogP contribution in [-0.2, 0) is 28.9 Å². The molecule has 0 bridgehead atoms. The lowest BCUT2D eigenvalue weighted by Crippen LogP contribution is -2.23. The van der Waals surface area contributed by atoms with Gasteiger partial charge < -0.3 is 19.6 Å². The maximum absolute atomic E-state index is 12.8. The quantitative estimate of drug-likeness (QED) is 0.570. The van der Waals surface area contributed by atoms with Crippen molar-refractivity contribution in [3.8, 4) is 6.07 Å². The summed E-state index contributed by atoms with van der Waals surface area (Å²) >= 11 is 1.37. The Morgan fingerprint density at radius 2 is 2.19 bits per heavy atom. The van der Waals surface area contributed by atoms with Crippen molar-refractivity contribution in [3.05, 3.63) is 41.1 Å². The number of nitrogens with one attached hydrogen (secondary N) is 2. The molecule has 8 heteroatoms. The fourth-order valence-electron chi connectivity index (χ4n) is 4.61. The predicted molar refractivity (Wildman–Crippen MR) is 120 cm³/mol. The highest BCUT2D eigenvalue weighted by molar-refractivity contribution is 7.99. The number of hydrogen-bond acceptors (Lipinski definition) is 5. The van der Waals surface area contributed by atoms with E-state index in [1.807, 2.05) is 24.3 Å². The van der Waals surface area contributed by atoms with Crippen molar-refractivity contribution in [1.29, 1.82) is 5.26 Å². The Hall–Kier alpha value is -2.76. The first-order chi connectivity index (χ1) is 15.2. The van der Waals surface area contributed by atoms with Crippen LogP contribution in [0.25, 0.3) is 11.0 Å². The van der Waals surface area contributed by atoms with E-state index >= 15 is 0 Å². The number of para-hydroxylation sites is 2. The molecule has 31 heavy (non-hydrogen) atoms. The fourth-order valence-corrected chi connectivity index (χ4v) is 5.30. The van der Waals surface area contributed by atoms with Gasteiger partial charge in [0.1, 0.15) is 11.9 Å². The normalized spacial score (nSPS) is 18.1. The maximum Gasteiger partial charge on any atom is 0.235 e. The van der Waals surface area contributed by atoms with Gasteiger partial charge >= 0.3 is 0 Å². The monoisotopic (exact) mass is 435 g/mol. The molecule has 2 N–H and O–H groups in total. The molecule has 0 saturated carbocycles. The van der Waals surface area contributed by atoms with Gasteiger partial charge in [0.15, 0.2) is 5.16 Å². The molecule has 1 atom stereocenters. The molecule has 2 aliphatic rings. The standard InChI is InChI=1S/C23H25N5O2S/c24-12-17-16-7-1-4-10-20(16)28(13-15-6-5-11-30-15)22(17)27-21(29)14-31-23-25-18-8-2-3-9-19(18)26-23/h2-3,8-9,15H,1,4-7,10-11,13-14H2,(H,25,26)(H,27,29). The van der Waals surface area contributed by atoms with Crippen LogP contribution in [0.1, 0.15) is 42.5 Å². The number of aromatic amines is 1. The molecule has 160 valence electrons. The number of anilines is 1. The van der Waals surface area contributed by atoms with E-state index < -0.39 is 0 Å². The Labute approximate surface area is 185 Å². The topological polar surface area (TPSA) is 95.7 Å². The minimum absolute atomic E-state index is 0.134. The highest BCUT2D eigenvalue weighted by Crippen LogP contribution is 2.34. The van der Waals surface area contributed by atoms with Crippen LogP contribution in [0.3, 0.4) is 0 Å². The van der Waals surface area contributed by atoms with Gasteiger partial charge in [-0.3, -0.25) is 4.79 Å². The molecule has 1 amide bonds. The minimum atomic E-state index is -0.134. The third-order valence-corrected chi connectivity index (χ3v) is 6.93. The van der Waals surface area contributed by atoms with Gasteiger partial charge in [-0.1, -0.05) is 23.9 Å². The second kappa shape index (κ2) is 8.77. The average molecular weight is 436 g/mol. The van der Waals surface area contributed by atoms with E-state index in [1.165, 1.54) is 17.5 Å². The summed E-state index contributed by atoms with van der Waals surface area (Å²) in [5.74, 6) is 0.728. The Kier molecular flexibility index (Phi) is 5.70. The largest absolute Gasteiger partial charge is 0.376 e. The molecular formula is C23H25N5O2S. The Bertz CT molecular complexity index is 1120. The number of carbonyl (C=O) groups excluding carboxylic acids is 1. The zero-order valence-electron chi connectivity index (χ0n) is 17.3. The molecule has 1 aliphatic heterocycles. The van der Waals surface area contributed by atoms with Gasteiger partial charge in [0.25, 0.3) is 0 Å². The van der Waals surface area contributed by atoms with Gasteiger partial charge in [0, 0.05) is 12.3 Å². The molecule has 3 heterocycles. The fraction of sp³-hybridized carbons (Fsp3) is 0.435. The van der Waals surface area contributed by atoms with E-state index in [4.69, 9.17) is 4.74 Å². The molecule has 1 aromatic carbocycles. The maximum atomic E-state index is 12.8. The number of amides is 1. The third kappa shape index (κ3) is 4.08. The summed E-state index contributed by atoms with van der Waals surface area (Å²) in [6.07, 6.45) is 6.27. The number of nitriles is 1. The Morgan fingerprint density at radius 3 is 3.00 bits per heavy atom. The zero-order valence-corrected chi connectivity index (χ0v) is 18.1. The van der Waals surface area contributed by atoms with Gasteiger partial charge in [-0.25, -0.2) is 4.98 Å². The molecule has 0 spiro atoms. The van der Waals surface area contributed by atoms with Crippen molar-refractivity contribution in [2.75, 3.05) is 17.7 Å². The number of imidazole rings is 1. The number of carbonyl (C=O) groups is 1. The van der Waals surface area contributed by atoms with Crippen LogP contribution >= 0.6 is 11.8 Å². The lowest BCUT2D eigenvalue weighted by Gasteiger charge is -2.19. The first kappa shape index (κ1) is 20.2. The number of aromatic nitrogens is 3. The van der Waals surface area contributed by atoms with E-state index in [9.17, 15) is 10.1 Å². The van der Waals surface area contributed by atoms with E-state index in [-0.39, 0.29) is 17.8 Å². The zero-order chi connectivity index (χ0) is 21.2. The van der Waals surface area contributed by atoms with Gasteiger partial charge in [0.05, 0.1) is 35.0 Å². The van der Waals surface area contributed by atoms with E-state index in [0.29, 0.717) is 23.1 Å². The SMILES string of the molecule is N#Cc1c2c(n(CC3CCCO3)c1NC(=O)CSc1nc3ccccc3[nH]1)CCCC2. The first-order valence-corrected chi connectivity index (χ1v) is 11.8. The first-order valence-electron chi connectivity index (χ1n) is 10.9. The van der Waals surface area contributed by atoms with Crippen molar-refractivity contribution in [1.82, 2.24) is 14.5 Å². The van der Waals surface area contributed by atoms with Gasteiger partial charge in [-0.05, 0) is 56.2 Å². The van der Waals surface area contributed by atoms with Crippen LogP contribution in [0.5, 0.6) is 0 Å². The molecule has 1 aliphatic carbocycles. The molecule has 1 fully saturated rings. The van der Waals surface area contributed by atoms with Crippen LogP contribution in [0.15, 0.2) is 29.4 Å². The predicted octanol–water partition coefficient (Wildman–Crippen LogP) is 4.02. The summed E-state index contributed by atoms with van der Waals surface area (Å²) in [7, 11) is 0. The summed E-state index contributed by atoms with van der Waals surface area (Å²) in [4.78, 5) is 20.6. The lowest BCUT2D eigenvalue weighted by atomic mass is 9.95. The highest BCUT2D eigenvalue weighted by atomic mass is 32.2. The molecule has 5 rings (SSSR count). The number of benzene rings is 1. The van der Waals surface area contributed by atoms with Crippen LogP contribution < -0.4 is 5.32 Å². The number of H-pyrrole nitrogens is 1. The number of hydrogen-bond donors (Lipinski definition) is 2. The van der Waals surface area contributed by atoms with Crippen molar-refractivity contribution < 1.29 is 9.53 Å². The third-order valence-electron chi connectivity index (χ3n) is 6.06. The van der Waals surface area contributed by atoms with Crippen molar-refractivity contribution >= 4 is 34.5 Å². The molecule has 1 saturated heterocycles. The highest BCUT2D eigenvalue weighted by Gasteiger charge is 2.28. The molecular weight excluding hydrogens is 410 g/mol. The lowest BCUT2D eigenvalue weighted by molar-refractivity contribution is -0.113. The Balaban J connectivity index is 1.36. The minimum Gasteiger partial charge on any atom is -0.376 e. The van der Waals surface area contributed by atoms with Crippen molar-refractivity contribution in [2.45, 2.75) is 56.3 Å². The van der Waals surface area contributed by atoms with Crippen molar-refractivity contribution in [3.63, 3.8) is 0 Å². The molecule has 2 aromatic heterocycles. The summed E-state index contributed by atoms with van der Waals surface area (Å²) in [6.45, 7) is 1.48. The Morgan fingerprint density at radius 1 is 1.32 bits per heavy atom. The second-order valence-electron chi connectivity index (χ2n) is 8.11. The van der Waals surface area contributed by atoms with Gasteiger partial charge in [-0.15, -0.1) is 0 Å². The molecule has 0 radical (unpaired) electrons. The van der Waals surface area contributed by atoms with E-state index in [2.05, 4.69) is 25.9 Å². The smallest absolute Gasteiger partial charge is 0.235 e. The molecule has 1 unspecified atom stereocenters. The van der Waals surface area contributed by atoms with Crippen LogP contribution in [-0.4, -0.2) is 38.9 Å². The summed E-state index contributed by atoms with van der Waals surface area (Å²) in [6, 6.07) is 10.2. The van der Waals surface area contributed by atoms with Gasteiger partial charge in [-0.2, -0.15) is 5.26 Å². The average Bonchev–Trinajstić information content (AvgIpc) is 3.51. The van der Waals surface area contributed by atoms with E-state index in [0.717, 1.165) is 61.7 Å². The molecule has 3 aromatic rings. The number of rotatable bonds is 6. The van der Waals surface area contributed by atoms with Crippen LogP contribution in [0.4, 0.5) is 5.82 Å². The molecule has 7 nitrogen and oxygen atoms in total. The van der Waals surface area contributed by atoms with Crippen LogP contribution in [0, 0.1) is 11.3 Å². The number of nitrogens with zero attached hydrogens (tertiary/aromatic N) is 3.